The summed E-state index contributed by atoms with van der Waals surface area (Å²) >= 11 is 7.55. The van der Waals surface area contributed by atoms with E-state index in [1.807, 2.05) is 0 Å². The van der Waals surface area contributed by atoms with Crippen molar-refractivity contribution >= 4 is 35.2 Å². The quantitative estimate of drug-likeness (QED) is 0.453. The average molecular weight is 520 g/mol. The lowest BCUT2D eigenvalue weighted by Gasteiger charge is -2.17. The predicted molar refractivity (Wildman–Crippen MR) is 135 cm³/mol. The van der Waals surface area contributed by atoms with E-state index in [2.05, 4.69) is 20.6 Å². The second-order valence-corrected chi connectivity index (χ2v) is 8.92. The van der Waals surface area contributed by atoms with Crippen LogP contribution in [0.2, 0.25) is 5.02 Å². The molecule has 8 nitrogen and oxygen atoms in total. The van der Waals surface area contributed by atoms with Crippen LogP contribution in [0.4, 0.5) is 10.3 Å². The number of nitrogens with two attached hydrogens (primary N) is 2. The highest BCUT2D eigenvalue weighted by molar-refractivity contribution is 7.99. The third-order valence-corrected chi connectivity index (χ3v) is 6.43. The van der Waals surface area contributed by atoms with Gasteiger partial charge >= 0.3 is 0 Å². The fraction of sp³-hybridized carbons (Fsp3) is 0.292. The van der Waals surface area contributed by atoms with Gasteiger partial charge in [0, 0.05) is 18.0 Å². The first kappa shape index (κ1) is 26.5. The summed E-state index contributed by atoms with van der Waals surface area (Å²) in [6.07, 6.45) is 3.90. The number of methoxy groups -OCH3 is 1. The van der Waals surface area contributed by atoms with E-state index in [1.165, 1.54) is 32.0 Å². The van der Waals surface area contributed by atoms with Gasteiger partial charge in [0.15, 0.2) is 11.6 Å². The minimum atomic E-state index is -0.589. The molecule has 2 aromatic carbocycles. The Morgan fingerprint density at radius 3 is 2.60 bits per heavy atom. The van der Waals surface area contributed by atoms with Crippen molar-refractivity contribution in [2.24, 2.45) is 11.5 Å². The molecule has 1 aliphatic rings. The van der Waals surface area contributed by atoms with E-state index < -0.39 is 11.7 Å². The number of carbonyl (C=O) groups excluding carboxylic acids is 1. The number of amides is 1. The van der Waals surface area contributed by atoms with E-state index in [4.69, 9.17) is 26.8 Å². The molecule has 1 aliphatic heterocycles. The second-order valence-electron chi connectivity index (χ2n) is 7.40. The van der Waals surface area contributed by atoms with Crippen molar-refractivity contribution in [1.82, 2.24) is 9.97 Å². The van der Waals surface area contributed by atoms with Crippen LogP contribution in [0.15, 0.2) is 52.4 Å². The molecule has 11 heteroatoms. The van der Waals surface area contributed by atoms with Crippen molar-refractivity contribution in [3.63, 3.8) is 0 Å². The van der Waals surface area contributed by atoms with Crippen LogP contribution in [-0.4, -0.2) is 43.1 Å². The standard InChI is InChI=1S/C23H22ClFN4O3S.CH5N/c1-31-19-10-14(4-7-18(19)25)13-32-22-20(12-27-23(28-22)29-8-2-3-9-29)33-15-5-6-16(21(26)30)17(24)11-15;1-2/h4-7,10-12H,2-3,8-9,13H2,1H3,(H2,26,30);2H2,1H3. The van der Waals surface area contributed by atoms with Crippen LogP contribution in [0.3, 0.4) is 0 Å². The van der Waals surface area contributed by atoms with E-state index in [-0.39, 0.29) is 22.9 Å². The van der Waals surface area contributed by atoms with Gasteiger partial charge in [0.1, 0.15) is 6.61 Å². The molecule has 1 fully saturated rings. The number of halogens is 2. The number of ether oxygens (including phenoxy) is 2. The van der Waals surface area contributed by atoms with Crippen LogP contribution in [0.5, 0.6) is 11.6 Å². The van der Waals surface area contributed by atoms with Crippen molar-refractivity contribution in [2.75, 3.05) is 32.1 Å². The fourth-order valence-electron chi connectivity index (χ4n) is 3.42. The average Bonchev–Trinajstić information content (AvgIpc) is 3.40. The molecule has 0 aliphatic carbocycles. The predicted octanol–water partition coefficient (Wildman–Crippen LogP) is 4.28. The van der Waals surface area contributed by atoms with Crippen molar-refractivity contribution in [3.05, 3.63) is 64.6 Å². The molecule has 4 rings (SSSR count). The number of rotatable bonds is 8. The summed E-state index contributed by atoms with van der Waals surface area (Å²) in [6.45, 7) is 1.96. The topological polar surface area (TPSA) is 117 Å². The highest BCUT2D eigenvalue weighted by Gasteiger charge is 2.19. The Morgan fingerprint density at radius 2 is 1.94 bits per heavy atom. The van der Waals surface area contributed by atoms with E-state index in [0.717, 1.165) is 36.4 Å². The molecular weight excluding hydrogens is 493 g/mol. The molecule has 186 valence electrons. The Kier molecular flexibility index (Phi) is 9.53. The molecule has 0 atom stereocenters. The lowest BCUT2D eigenvalue weighted by Crippen LogP contribution is -2.20. The lowest BCUT2D eigenvalue weighted by molar-refractivity contribution is 0.100. The number of hydrogen-bond donors (Lipinski definition) is 2. The van der Waals surface area contributed by atoms with Gasteiger partial charge in [-0.1, -0.05) is 29.4 Å². The van der Waals surface area contributed by atoms with Crippen LogP contribution in [-0.2, 0) is 6.61 Å². The van der Waals surface area contributed by atoms with Gasteiger partial charge in [0.2, 0.25) is 17.7 Å². The molecule has 4 N–H and O–H groups in total. The molecule has 3 aromatic rings. The van der Waals surface area contributed by atoms with Crippen LogP contribution in [0, 0.1) is 5.82 Å². The number of carbonyl (C=O) groups is 1. The van der Waals surface area contributed by atoms with Gasteiger partial charge in [0.25, 0.3) is 0 Å². The van der Waals surface area contributed by atoms with Gasteiger partial charge in [-0.15, -0.1) is 0 Å². The first-order valence-electron chi connectivity index (χ1n) is 10.9. The van der Waals surface area contributed by atoms with Crippen molar-refractivity contribution < 1.29 is 18.7 Å². The monoisotopic (exact) mass is 519 g/mol. The lowest BCUT2D eigenvalue weighted by atomic mass is 10.2. The third-order valence-electron chi connectivity index (χ3n) is 5.12. The molecule has 35 heavy (non-hydrogen) atoms. The third kappa shape index (κ3) is 6.74. The maximum absolute atomic E-state index is 13.7. The summed E-state index contributed by atoms with van der Waals surface area (Å²) in [6, 6.07) is 9.56. The van der Waals surface area contributed by atoms with Gasteiger partial charge in [-0.05, 0) is 55.8 Å². The van der Waals surface area contributed by atoms with E-state index >= 15 is 0 Å². The molecule has 0 bridgehead atoms. The van der Waals surface area contributed by atoms with Gasteiger partial charge in [0.05, 0.1) is 28.8 Å². The number of benzene rings is 2. The molecule has 0 saturated carbocycles. The van der Waals surface area contributed by atoms with Gasteiger partial charge in [-0.25, -0.2) is 9.37 Å². The van der Waals surface area contributed by atoms with Crippen LogP contribution >= 0.6 is 23.4 Å². The molecule has 1 aromatic heterocycles. The molecular formula is C24H27ClFN5O3S. The Morgan fingerprint density at radius 1 is 1.20 bits per heavy atom. The first-order valence-corrected chi connectivity index (χ1v) is 12.1. The molecule has 2 heterocycles. The normalized spacial score (nSPS) is 12.7. The zero-order valence-corrected chi connectivity index (χ0v) is 21.0. The number of nitrogens with zero attached hydrogens (tertiary/aromatic N) is 3. The van der Waals surface area contributed by atoms with Crippen LogP contribution < -0.4 is 25.8 Å². The summed E-state index contributed by atoms with van der Waals surface area (Å²) in [7, 11) is 2.92. The number of hydrogen-bond acceptors (Lipinski definition) is 8. The highest BCUT2D eigenvalue weighted by Crippen LogP contribution is 2.36. The SMILES string of the molecule is CN.COc1cc(COc2nc(N3CCCC3)ncc2Sc2ccc(C(N)=O)c(Cl)c2)ccc1F. The minimum Gasteiger partial charge on any atom is -0.494 e. The maximum atomic E-state index is 13.7. The molecule has 1 amide bonds. The Hall–Kier alpha value is -3.08. The van der Waals surface area contributed by atoms with E-state index in [1.54, 1.807) is 36.5 Å². The smallest absolute Gasteiger partial charge is 0.250 e. The Balaban J connectivity index is 0.00000167. The fourth-order valence-corrected chi connectivity index (χ4v) is 4.62. The molecule has 0 radical (unpaired) electrons. The highest BCUT2D eigenvalue weighted by atomic mass is 35.5. The van der Waals surface area contributed by atoms with E-state index in [9.17, 15) is 9.18 Å². The zero-order valence-electron chi connectivity index (χ0n) is 19.5. The first-order chi connectivity index (χ1) is 16.9. The Bertz CT molecular complexity index is 1180. The number of primary amides is 1. The van der Waals surface area contributed by atoms with Gasteiger partial charge in [-0.2, -0.15) is 4.98 Å². The van der Waals surface area contributed by atoms with Crippen molar-refractivity contribution in [1.29, 1.82) is 0 Å². The van der Waals surface area contributed by atoms with Crippen LogP contribution in [0.25, 0.3) is 0 Å². The number of aromatic nitrogens is 2. The second kappa shape index (κ2) is 12.6. The van der Waals surface area contributed by atoms with Gasteiger partial charge < -0.3 is 25.8 Å². The van der Waals surface area contributed by atoms with Crippen molar-refractivity contribution in [2.45, 2.75) is 29.2 Å². The maximum Gasteiger partial charge on any atom is 0.250 e. The summed E-state index contributed by atoms with van der Waals surface area (Å²) in [5.74, 6) is 0.122. The summed E-state index contributed by atoms with van der Waals surface area (Å²) in [5, 5.41) is 0.267. The minimum absolute atomic E-state index is 0.148. The summed E-state index contributed by atoms with van der Waals surface area (Å²) in [5.41, 5.74) is 10.8. The van der Waals surface area contributed by atoms with E-state index in [0.29, 0.717) is 16.7 Å². The van der Waals surface area contributed by atoms with Crippen molar-refractivity contribution in [3.8, 4) is 11.6 Å². The summed E-state index contributed by atoms with van der Waals surface area (Å²) in [4.78, 5) is 24.2. The largest absolute Gasteiger partial charge is 0.494 e. The Labute approximate surface area is 212 Å². The molecule has 0 unspecified atom stereocenters. The number of anilines is 1. The molecule has 0 spiro atoms. The summed E-state index contributed by atoms with van der Waals surface area (Å²) < 4.78 is 24.8. The van der Waals surface area contributed by atoms with Gasteiger partial charge in [-0.3, -0.25) is 4.79 Å². The molecule has 1 saturated heterocycles. The van der Waals surface area contributed by atoms with Crippen LogP contribution in [0.1, 0.15) is 28.8 Å². The zero-order chi connectivity index (χ0) is 25.4.